The SMILES string of the molecule is C[CH-]CCCC(C)(O)CCCC(C)CCCC1(C)CCC2=CC(O)C(C)=C(C)C2(CC)O1. The Kier molecular flexibility index (Phi) is 10.1. The second-order valence-electron chi connectivity index (χ2n) is 11.4. The average molecular weight is 448 g/mol. The molecule has 0 aromatic carbocycles. The van der Waals surface area contributed by atoms with Crippen LogP contribution in [0.4, 0.5) is 0 Å². The van der Waals surface area contributed by atoms with E-state index in [1.54, 1.807) is 0 Å². The summed E-state index contributed by atoms with van der Waals surface area (Å²) in [6.07, 6.45) is 16.5. The standard InChI is InChI=1S/C29H51O3/c1-8-10-11-17-27(6,31)18-12-14-22(3)15-13-19-28(7)20-16-25-21-26(30)23(4)24(5)29(25,9-2)32-28/h8,21-22,26,30-31H,9-20H2,1-7H3/q-1. The average Bonchev–Trinajstić information content (AvgIpc) is 2.73. The van der Waals surface area contributed by atoms with Gasteiger partial charge < -0.3 is 21.4 Å². The summed E-state index contributed by atoms with van der Waals surface area (Å²) in [5.74, 6) is 0.686. The van der Waals surface area contributed by atoms with Gasteiger partial charge in [0.2, 0.25) is 0 Å². The summed E-state index contributed by atoms with van der Waals surface area (Å²) in [4.78, 5) is 0. The Labute approximate surface area is 198 Å². The fourth-order valence-electron chi connectivity index (χ4n) is 5.88. The van der Waals surface area contributed by atoms with Crippen molar-refractivity contribution in [3.8, 4) is 0 Å². The first-order chi connectivity index (χ1) is 15.0. The summed E-state index contributed by atoms with van der Waals surface area (Å²) in [5, 5.41) is 21.0. The second-order valence-corrected chi connectivity index (χ2v) is 11.4. The zero-order valence-electron chi connectivity index (χ0n) is 22.1. The van der Waals surface area contributed by atoms with Gasteiger partial charge in [-0.15, -0.1) is 0 Å². The number of rotatable bonds is 13. The Balaban J connectivity index is 1.81. The van der Waals surface area contributed by atoms with E-state index in [4.69, 9.17) is 4.74 Å². The number of unbranched alkanes of at least 4 members (excludes halogenated alkanes) is 2. The molecule has 186 valence electrons. The van der Waals surface area contributed by atoms with Crippen LogP contribution in [0.2, 0.25) is 0 Å². The van der Waals surface area contributed by atoms with Crippen molar-refractivity contribution in [3.63, 3.8) is 0 Å². The Hall–Kier alpha value is -0.640. The minimum atomic E-state index is -0.511. The molecule has 32 heavy (non-hydrogen) atoms. The van der Waals surface area contributed by atoms with E-state index in [2.05, 4.69) is 41.0 Å². The molecule has 5 atom stereocenters. The Morgan fingerprint density at radius 2 is 1.88 bits per heavy atom. The highest BCUT2D eigenvalue weighted by Crippen LogP contribution is 2.50. The first kappa shape index (κ1) is 27.6. The van der Waals surface area contributed by atoms with Crippen LogP contribution in [0.25, 0.3) is 0 Å². The van der Waals surface area contributed by atoms with Crippen LogP contribution in [0.15, 0.2) is 22.8 Å². The first-order valence-electron chi connectivity index (χ1n) is 13.3. The number of hydrogen-bond acceptors (Lipinski definition) is 3. The lowest BCUT2D eigenvalue weighted by Gasteiger charge is -2.51. The van der Waals surface area contributed by atoms with Crippen molar-refractivity contribution in [1.82, 2.24) is 0 Å². The van der Waals surface area contributed by atoms with E-state index < -0.39 is 11.7 Å². The van der Waals surface area contributed by atoms with Crippen molar-refractivity contribution in [1.29, 1.82) is 0 Å². The predicted molar refractivity (Wildman–Crippen MR) is 136 cm³/mol. The fraction of sp³-hybridized carbons (Fsp3) is 0.828. The van der Waals surface area contributed by atoms with Gasteiger partial charge in [0.05, 0.1) is 17.3 Å². The van der Waals surface area contributed by atoms with Gasteiger partial charge in [-0.1, -0.05) is 46.0 Å². The third-order valence-corrected chi connectivity index (χ3v) is 8.38. The maximum atomic E-state index is 10.6. The molecule has 0 radical (unpaired) electrons. The summed E-state index contributed by atoms with van der Waals surface area (Å²) < 4.78 is 6.93. The molecule has 0 amide bonds. The largest absolute Gasteiger partial charge is 0.390 e. The zero-order valence-corrected chi connectivity index (χ0v) is 22.1. The molecule has 0 bridgehead atoms. The molecule has 1 aliphatic carbocycles. The molecule has 0 aromatic heterocycles. The van der Waals surface area contributed by atoms with Crippen molar-refractivity contribution < 1.29 is 14.9 Å². The molecule has 3 nitrogen and oxygen atoms in total. The monoisotopic (exact) mass is 447 g/mol. The van der Waals surface area contributed by atoms with E-state index in [-0.39, 0.29) is 11.2 Å². The molecular formula is C29H51O3-. The van der Waals surface area contributed by atoms with Crippen LogP contribution in [0, 0.1) is 12.3 Å². The third-order valence-electron chi connectivity index (χ3n) is 8.38. The smallest absolute Gasteiger partial charge is 0.111 e. The quantitative estimate of drug-likeness (QED) is 0.175. The molecule has 5 unspecified atom stereocenters. The molecule has 1 saturated heterocycles. The zero-order chi connectivity index (χ0) is 24.0. The number of aliphatic hydroxyl groups is 2. The third kappa shape index (κ3) is 6.93. The summed E-state index contributed by atoms with van der Waals surface area (Å²) in [6.45, 7) is 15.2. The number of hydrogen-bond donors (Lipinski definition) is 2. The lowest BCUT2D eigenvalue weighted by atomic mass is 9.70. The molecule has 2 N–H and O–H groups in total. The Bertz CT molecular complexity index is 661. The number of aliphatic hydroxyl groups excluding tert-OH is 1. The number of fused-ring (bicyclic) bond motifs is 1. The Morgan fingerprint density at radius 1 is 1.22 bits per heavy atom. The van der Waals surface area contributed by atoms with Gasteiger partial charge in [-0.2, -0.15) is 13.3 Å². The first-order valence-corrected chi connectivity index (χ1v) is 13.3. The summed E-state index contributed by atoms with van der Waals surface area (Å²) in [6, 6.07) is 0. The Morgan fingerprint density at radius 3 is 2.53 bits per heavy atom. The molecule has 1 aliphatic heterocycles. The van der Waals surface area contributed by atoms with Gasteiger partial charge in [-0.3, -0.25) is 0 Å². The van der Waals surface area contributed by atoms with E-state index >= 15 is 0 Å². The lowest BCUT2D eigenvalue weighted by molar-refractivity contribution is -0.144. The van der Waals surface area contributed by atoms with Crippen LogP contribution < -0.4 is 0 Å². The molecule has 2 rings (SSSR count). The van der Waals surface area contributed by atoms with E-state index in [1.165, 1.54) is 30.4 Å². The van der Waals surface area contributed by atoms with Crippen molar-refractivity contribution in [2.24, 2.45) is 5.92 Å². The summed E-state index contributed by atoms with van der Waals surface area (Å²) >= 11 is 0. The molecule has 0 saturated carbocycles. The maximum Gasteiger partial charge on any atom is 0.111 e. The minimum absolute atomic E-state index is 0.100. The molecule has 3 heteroatoms. The van der Waals surface area contributed by atoms with Crippen LogP contribution >= 0.6 is 0 Å². The van der Waals surface area contributed by atoms with Gasteiger partial charge >= 0.3 is 0 Å². The highest BCUT2D eigenvalue weighted by molar-refractivity contribution is 5.44. The van der Waals surface area contributed by atoms with Crippen molar-refractivity contribution in [3.05, 3.63) is 29.2 Å². The van der Waals surface area contributed by atoms with Crippen LogP contribution in [0.3, 0.4) is 0 Å². The fourth-order valence-corrected chi connectivity index (χ4v) is 5.88. The van der Waals surface area contributed by atoms with Crippen LogP contribution in [-0.2, 0) is 4.74 Å². The minimum Gasteiger partial charge on any atom is -0.390 e. The highest BCUT2D eigenvalue weighted by atomic mass is 16.5. The lowest BCUT2D eigenvalue weighted by Crippen LogP contribution is -2.51. The summed E-state index contributed by atoms with van der Waals surface area (Å²) in [7, 11) is 0. The molecular weight excluding hydrogens is 396 g/mol. The molecule has 2 aliphatic rings. The molecule has 1 heterocycles. The van der Waals surface area contributed by atoms with Gasteiger partial charge in [0, 0.05) is 0 Å². The van der Waals surface area contributed by atoms with Crippen molar-refractivity contribution >= 4 is 0 Å². The van der Waals surface area contributed by atoms with Gasteiger partial charge in [0.15, 0.2) is 0 Å². The number of ether oxygens (including phenoxy) is 1. The predicted octanol–water partition coefficient (Wildman–Crippen LogP) is 7.46. The molecule has 0 aromatic rings. The summed E-state index contributed by atoms with van der Waals surface area (Å²) in [5.41, 5.74) is 2.62. The van der Waals surface area contributed by atoms with Crippen LogP contribution in [-0.4, -0.2) is 33.1 Å². The van der Waals surface area contributed by atoms with E-state index in [1.807, 2.05) is 19.9 Å². The van der Waals surface area contributed by atoms with Gasteiger partial charge in [0.1, 0.15) is 5.60 Å². The highest BCUT2D eigenvalue weighted by Gasteiger charge is 2.48. The normalized spacial score (nSPS) is 31.2. The van der Waals surface area contributed by atoms with Crippen molar-refractivity contribution in [2.75, 3.05) is 0 Å². The maximum absolute atomic E-state index is 10.6. The molecule has 0 spiro atoms. The van der Waals surface area contributed by atoms with Crippen LogP contribution in [0.1, 0.15) is 126 Å². The van der Waals surface area contributed by atoms with Gasteiger partial charge in [-0.05, 0) is 94.9 Å². The van der Waals surface area contributed by atoms with Crippen LogP contribution in [0.5, 0.6) is 0 Å². The van der Waals surface area contributed by atoms with Gasteiger partial charge in [0.25, 0.3) is 0 Å². The topological polar surface area (TPSA) is 49.7 Å². The molecule has 1 fully saturated rings. The van der Waals surface area contributed by atoms with Crippen molar-refractivity contribution in [2.45, 2.75) is 148 Å². The van der Waals surface area contributed by atoms with Gasteiger partial charge in [-0.25, -0.2) is 0 Å². The second kappa shape index (κ2) is 11.7. The van der Waals surface area contributed by atoms with E-state index in [0.717, 1.165) is 63.4 Å². The van der Waals surface area contributed by atoms with E-state index in [0.29, 0.717) is 5.92 Å². The van der Waals surface area contributed by atoms with E-state index in [9.17, 15) is 10.2 Å².